The number of hydrogen-bond donors (Lipinski definition) is 1. The van der Waals surface area contributed by atoms with Crippen molar-refractivity contribution in [3.05, 3.63) is 0 Å². The lowest BCUT2D eigenvalue weighted by atomic mass is 9.72. The van der Waals surface area contributed by atoms with Crippen molar-refractivity contribution in [1.29, 1.82) is 0 Å². The van der Waals surface area contributed by atoms with Crippen LogP contribution >= 0.6 is 0 Å². The molecule has 17 heavy (non-hydrogen) atoms. The molecule has 0 heterocycles. The Morgan fingerprint density at radius 3 is 2.06 bits per heavy atom. The summed E-state index contributed by atoms with van der Waals surface area (Å²) in [6.45, 7) is 12.0. The lowest BCUT2D eigenvalue weighted by molar-refractivity contribution is 0.173. The van der Waals surface area contributed by atoms with Crippen LogP contribution in [-0.2, 0) is 0 Å². The van der Waals surface area contributed by atoms with Crippen molar-refractivity contribution in [3.8, 4) is 0 Å². The molecule has 0 radical (unpaired) electrons. The fourth-order valence-electron chi connectivity index (χ4n) is 4.71. The van der Waals surface area contributed by atoms with Gasteiger partial charge in [-0.15, -0.1) is 0 Å². The molecule has 0 aromatic heterocycles. The SMILES string of the molecule is CCC1CCCCC1C(N)C1C(C)(C)C1(C)C. The van der Waals surface area contributed by atoms with Gasteiger partial charge in [-0.1, -0.05) is 60.3 Å². The zero-order chi connectivity index (χ0) is 12.8. The van der Waals surface area contributed by atoms with Gasteiger partial charge < -0.3 is 5.73 Å². The Bertz CT molecular complexity index is 265. The monoisotopic (exact) mass is 237 g/mol. The van der Waals surface area contributed by atoms with Crippen molar-refractivity contribution in [2.24, 2.45) is 34.3 Å². The third-order valence-corrected chi connectivity index (χ3v) is 6.50. The van der Waals surface area contributed by atoms with Gasteiger partial charge in [0.25, 0.3) is 0 Å². The lowest BCUT2D eigenvalue weighted by Gasteiger charge is -2.36. The van der Waals surface area contributed by atoms with Crippen LogP contribution in [0.2, 0.25) is 0 Å². The summed E-state index contributed by atoms with van der Waals surface area (Å²) in [4.78, 5) is 0. The lowest BCUT2D eigenvalue weighted by Crippen LogP contribution is -2.40. The topological polar surface area (TPSA) is 26.0 Å². The molecule has 2 N–H and O–H groups in total. The minimum absolute atomic E-state index is 0.435. The molecule has 0 aromatic rings. The smallest absolute Gasteiger partial charge is 0.0109 e. The first kappa shape index (κ1) is 13.4. The van der Waals surface area contributed by atoms with Crippen LogP contribution in [0.3, 0.4) is 0 Å². The molecule has 0 saturated heterocycles. The first-order valence-electron chi connectivity index (χ1n) is 7.59. The van der Waals surface area contributed by atoms with Crippen LogP contribution in [0, 0.1) is 28.6 Å². The second-order valence-electron chi connectivity index (χ2n) is 7.62. The summed E-state index contributed by atoms with van der Waals surface area (Å²) in [5.41, 5.74) is 7.56. The van der Waals surface area contributed by atoms with E-state index in [2.05, 4.69) is 34.6 Å². The van der Waals surface area contributed by atoms with E-state index in [-0.39, 0.29) is 0 Å². The van der Waals surface area contributed by atoms with Gasteiger partial charge in [0.05, 0.1) is 0 Å². The van der Waals surface area contributed by atoms with Crippen molar-refractivity contribution >= 4 is 0 Å². The minimum Gasteiger partial charge on any atom is -0.327 e. The third-order valence-electron chi connectivity index (χ3n) is 6.50. The predicted molar refractivity (Wildman–Crippen MR) is 74.8 cm³/mol. The average molecular weight is 237 g/mol. The predicted octanol–water partition coefficient (Wildman–Crippen LogP) is 4.21. The molecule has 2 saturated carbocycles. The molecule has 3 unspecified atom stereocenters. The van der Waals surface area contributed by atoms with Gasteiger partial charge in [-0.05, 0) is 35.0 Å². The van der Waals surface area contributed by atoms with Crippen molar-refractivity contribution < 1.29 is 0 Å². The van der Waals surface area contributed by atoms with Gasteiger partial charge in [0, 0.05) is 6.04 Å². The molecule has 2 aliphatic carbocycles. The first-order chi connectivity index (χ1) is 7.84. The van der Waals surface area contributed by atoms with Crippen LogP contribution < -0.4 is 5.73 Å². The van der Waals surface area contributed by atoms with Crippen molar-refractivity contribution in [2.75, 3.05) is 0 Å². The molecule has 0 aromatic carbocycles. The summed E-state index contributed by atoms with van der Waals surface area (Å²) in [5.74, 6) is 2.41. The van der Waals surface area contributed by atoms with E-state index in [0.717, 1.165) is 17.8 Å². The number of hydrogen-bond acceptors (Lipinski definition) is 1. The summed E-state index contributed by atoms with van der Waals surface area (Å²) in [5, 5.41) is 0. The largest absolute Gasteiger partial charge is 0.327 e. The van der Waals surface area contributed by atoms with Gasteiger partial charge in [0.1, 0.15) is 0 Å². The first-order valence-corrected chi connectivity index (χ1v) is 7.59. The zero-order valence-corrected chi connectivity index (χ0v) is 12.4. The molecule has 1 heteroatoms. The molecule has 0 spiro atoms. The molecule has 0 aliphatic heterocycles. The highest BCUT2D eigenvalue weighted by atomic mass is 14.8. The fourth-order valence-corrected chi connectivity index (χ4v) is 4.71. The van der Waals surface area contributed by atoms with Gasteiger partial charge in [-0.2, -0.15) is 0 Å². The van der Waals surface area contributed by atoms with Crippen LogP contribution in [0.5, 0.6) is 0 Å². The van der Waals surface area contributed by atoms with E-state index < -0.39 is 0 Å². The molecule has 2 rings (SSSR count). The summed E-state index contributed by atoms with van der Waals surface area (Å²) in [7, 11) is 0. The fraction of sp³-hybridized carbons (Fsp3) is 1.00. The van der Waals surface area contributed by atoms with Crippen LogP contribution in [0.1, 0.15) is 66.7 Å². The summed E-state index contributed by atoms with van der Waals surface area (Å²) in [6, 6.07) is 0.435. The molecule has 3 atom stereocenters. The van der Waals surface area contributed by atoms with Gasteiger partial charge in [-0.3, -0.25) is 0 Å². The van der Waals surface area contributed by atoms with Gasteiger partial charge in [0.15, 0.2) is 0 Å². The van der Waals surface area contributed by atoms with Gasteiger partial charge in [-0.25, -0.2) is 0 Å². The Hall–Kier alpha value is -0.0400. The van der Waals surface area contributed by atoms with E-state index in [0.29, 0.717) is 16.9 Å². The number of rotatable bonds is 3. The van der Waals surface area contributed by atoms with Crippen LogP contribution in [-0.4, -0.2) is 6.04 Å². The third kappa shape index (κ3) is 1.95. The summed E-state index contributed by atoms with van der Waals surface area (Å²) < 4.78 is 0. The molecule has 0 amide bonds. The Balaban J connectivity index is 2.07. The molecule has 2 aliphatic rings. The molecule has 0 bridgehead atoms. The zero-order valence-electron chi connectivity index (χ0n) is 12.4. The van der Waals surface area contributed by atoms with Gasteiger partial charge in [0.2, 0.25) is 0 Å². The van der Waals surface area contributed by atoms with Crippen LogP contribution in [0.4, 0.5) is 0 Å². The van der Waals surface area contributed by atoms with Crippen molar-refractivity contribution in [3.63, 3.8) is 0 Å². The Kier molecular flexibility index (Phi) is 3.36. The molecular weight excluding hydrogens is 206 g/mol. The second kappa shape index (κ2) is 4.26. The van der Waals surface area contributed by atoms with Crippen molar-refractivity contribution in [2.45, 2.75) is 72.8 Å². The van der Waals surface area contributed by atoms with Crippen molar-refractivity contribution in [1.82, 2.24) is 0 Å². The maximum Gasteiger partial charge on any atom is 0.0109 e. The Morgan fingerprint density at radius 1 is 1.06 bits per heavy atom. The minimum atomic E-state index is 0.435. The van der Waals surface area contributed by atoms with E-state index in [4.69, 9.17) is 5.73 Å². The van der Waals surface area contributed by atoms with E-state index >= 15 is 0 Å². The van der Waals surface area contributed by atoms with E-state index in [9.17, 15) is 0 Å². The summed E-state index contributed by atoms with van der Waals surface area (Å²) in [6.07, 6.45) is 6.96. The highest BCUT2D eigenvalue weighted by Gasteiger charge is 2.67. The Labute approximate surface area is 108 Å². The highest BCUT2D eigenvalue weighted by Crippen LogP contribution is 2.70. The van der Waals surface area contributed by atoms with E-state index in [1.54, 1.807) is 0 Å². The maximum absolute atomic E-state index is 6.67. The van der Waals surface area contributed by atoms with E-state index in [1.807, 2.05) is 0 Å². The second-order valence-corrected chi connectivity index (χ2v) is 7.62. The summed E-state index contributed by atoms with van der Waals surface area (Å²) >= 11 is 0. The van der Waals surface area contributed by atoms with Gasteiger partial charge >= 0.3 is 0 Å². The molecular formula is C16H31N. The van der Waals surface area contributed by atoms with E-state index in [1.165, 1.54) is 32.1 Å². The molecule has 1 nitrogen and oxygen atoms in total. The molecule has 100 valence electrons. The standard InChI is InChI=1S/C16H31N/c1-6-11-9-7-8-10-12(11)13(17)14-15(2,3)16(14,4)5/h11-14H,6-10,17H2,1-5H3. The Morgan fingerprint density at radius 2 is 1.59 bits per heavy atom. The molecule has 2 fully saturated rings. The van der Waals surface area contributed by atoms with Crippen LogP contribution in [0.15, 0.2) is 0 Å². The quantitative estimate of drug-likeness (QED) is 0.781. The highest BCUT2D eigenvalue weighted by molar-refractivity contribution is 5.17. The van der Waals surface area contributed by atoms with Crippen LogP contribution in [0.25, 0.3) is 0 Å². The number of nitrogens with two attached hydrogens (primary N) is 1. The maximum atomic E-state index is 6.67. The average Bonchev–Trinajstić information content (AvgIpc) is 2.68. The normalized spacial score (nSPS) is 37.8.